The van der Waals surface area contributed by atoms with Gasteiger partial charge in [-0.15, -0.1) is 0 Å². The molecule has 10 heteroatoms. The third-order valence-electron chi connectivity index (χ3n) is 7.91. The van der Waals surface area contributed by atoms with E-state index >= 15 is 0 Å². The summed E-state index contributed by atoms with van der Waals surface area (Å²) in [4.78, 5) is 2.35. The molecule has 3 atom stereocenters. The van der Waals surface area contributed by atoms with Crippen LogP contribution in [-0.2, 0) is 23.0 Å². The largest absolute Gasteiger partial charge is 0.491 e. The third-order valence-corrected chi connectivity index (χ3v) is 7.91. The molecule has 0 radical (unpaired) electrons. The number of benzene rings is 2. The summed E-state index contributed by atoms with van der Waals surface area (Å²) in [6.45, 7) is 9.20. The molecule has 0 aliphatic carbocycles. The van der Waals surface area contributed by atoms with Gasteiger partial charge in [-0.25, -0.2) is 0 Å². The Kier molecular flexibility index (Phi) is 7.71. The minimum absolute atomic E-state index is 0.127. The van der Waals surface area contributed by atoms with Gasteiger partial charge in [0.1, 0.15) is 17.1 Å². The molecular weight excluding hydrogens is 519 g/mol. The fourth-order valence-electron chi connectivity index (χ4n) is 6.34. The normalized spacial score (nSPS) is 24.2. The van der Waals surface area contributed by atoms with Crippen molar-refractivity contribution in [1.82, 2.24) is 20.3 Å². The number of halogens is 3. The topological polar surface area (TPSA) is 89.3 Å². The fourth-order valence-corrected chi connectivity index (χ4v) is 6.34. The molecule has 3 aromatic rings. The van der Waals surface area contributed by atoms with E-state index in [4.69, 9.17) is 15.2 Å². The monoisotopic (exact) mass is 557 g/mol. The van der Waals surface area contributed by atoms with Crippen LogP contribution in [0.2, 0.25) is 0 Å². The van der Waals surface area contributed by atoms with Crippen molar-refractivity contribution in [3.05, 3.63) is 76.6 Å². The second-order valence-electron chi connectivity index (χ2n) is 11.9. The summed E-state index contributed by atoms with van der Waals surface area (Å²) in [7, 11) is 0. The molecule has 0 bridgehead atoms. The van der Waals surface area contributed by atoms with Gasteiger partial charge >= 0.3 is 6.18 Å². The highest BCUT2D eigenvalue weighted by Crippen LogP contribution is 2.53. The summed E-state index contributed by atoms with van der Waals surface area (Å²) in [5, 5.41) is 11.5. The molecule has 7 nitrogen and oxygen atoms in total. The van der Waals surface area contributed by atoms with E-state index in [9.17, 15) is 13.2 Å². The van der Waals surface area contributed by atoms with Crippen LogP contribution in [-0.4, -0.2) is 45.2 Å². The van der Waals surface area contributed by atoms with Crippen LogP contribution in [0.5, 0.6) is 5.75 Å². The van der Waals surface area contributed by atoms with E-state index in [1.54, 1.807) is 0 Å². The molecule has 5 rings (SSSR count). The number of nitrogens with zero attached hydrogens (tertiary/aromatic N) is 3. The standard InChI is InChI=1S/C30H38F3N5O2/c1-19(2)40-25-12-11-22(30(31,32)33)15-23(25)21-16-29(39-18-21)13-8-14-38(27(29)20-9-6-5-7-10-20)17-24-26(28(3,4)34)36-37-35-24/h5-7,9-12,15,19,21,27H,8,13-14,16-18,34H2,1-4H3,(H,35,36,37)/t21-,27+,29-/m1/s1. The van der Waals surface area contributed by atoms with Crippen LogP contribution in [0.15, 0.2) is 48.5 Å². The van der Waals surface area contributed by atoms with Gasteiger partial charge in [-0.05, 0) is 77.3 Å². The molecule has 0 saturated carbocycles. The average Bonchev–Trinajstić information content (AvgIpc) is 3.52. The molecule has 3 heterocycles. The van der Waals surface area contributed by atoms with Gasteiger partial charge in [-0.1, -0.05) is 30.3 Å². The minimum Gasteiger partial charge on any atom is -0.491 e. The van der Waals surface area contributed by atoms with E-state index in [1.807, 2.05) is 45.9 Å². The molecule has 0 unspecified atom stereocenters. The van der Waals surface area contributed by atoms with Crippen LogP contribution in [0.3, 0.4) is 0 Å². The fraction of sp³-hybridized carbons (Fsp3) is 0.533. The Hall–Kier alpha value is -2.95. The van der Waals surface area contributed by atoms with E-state index in [2.05, 4.69) is 32.4 Å². The average molecular weight is 558 g/mol. The zero-order chi connectivity index (χ0) is 28.7. The maximum absolute atomic E-state index is 13.7. The molecular formula is C30H38F3N5O2. The number of ether oxygens (including phenoxy) is 2. The predicted molar refractivity (Wildman–Crippen MR) is 146 cm³/mol. The van der Waals surface area contributed by atoms with Gasteiger partial charge in [0, 0.05) is 18.0 Å². The third kappa shape index (κ3) is 5.75. The van der Waals surface area contributed by atoms with Crippen molar-refractivity contribution in [2.75, 3.05) is 13.2 Å². The molecule has 2 saturated heterocycles. The first kappa shape index (κ1) is 28.6. The number of piperidine rings is 1. The summed E-state index contributed by atoms with van der Waals surface area (Å²) in [6, 6.07) is 13.8. The summed E-state index contributed by atoms with van der Waals surface area (Å²) >= 11 is 0. The summed E-state index contributed by atoms with van der Waals surface area (Å²) in [5.41, 5.74) is 7.60. The maximum Gasteiger partial charge on any atom is 0.416 e. The first-order valence-electron chi connectivity index (χ1n) is 13.9. The van der Waals surface area contributed by atoms with Crippen LogP contribution in [0, 0.1) is 0 Å². The number of aromatic amines is 1. The Labute approximate surface area is 233 Å². The number of hydrogen-bond acceptors (Lipinski definition) is 6. The van der Waals surface area contributed by atoms with Crippen molar-refractivity contribution in [3.63, 3.8) is 0 Å². The minimum atomic E-state index is -4.44. The van der Waals surface area contributed by atoms with E-state index in [0.29, 0.717) is 36.6 Å². The first-order valence-corrected chi connectivity index (χ1v) is 13.9. The van der Waals surface area contributed by atoms with E-state index < -0.39 is 22.9 Å². The Morgan fingerprint density at radius 3 is 2.58 bits per heavy atom. The highest BCUT2D eigenvalue weighted by atomic mass is 19.4. The molecule has 3 N–H and O–H groups in total. The Balaban J connectivity index is 1.52. The highest BCUT2D eigenvalue weighted by molar-refractivity contribution is 5.42. The van der Waals surface area contributed by atoms with Crippen molar-refractivity contribution in [2.24, 2.45) is 5.73 Å². The van der Waals surface area contributed by atoms with Gasteiger partial charge in [-0.2, -0.15) is 28.6 Å². The van der Waals surface area contributed by atoms with Crippen LogP contribution < -0.4 is 10.5 Å². The van der Waals surface area contributed by atoms with Gasteiger partial charge in [0.05, 0.1) is 35.5 Å². The molecule has 2 aliphatic heterocycles. The number of nitrogens with two attached hydrogens (primary N) is 1. The lowest BCUT2D eigenvalue weighted by molar-refractivity contribution is -0.137. The summed E-state index contributed by atoms with van der Waals surface area (Å²) in [6.07, 6.45) is -2.35. The second-order valence-corrected chi connectivity index (χ2v) is 11.9. The molecule has 1 spiro atoms. The van der Waals surface area contributed by atoms with Crippen LogP contribution >= 0.6 is 0 Å². The second kappa shape index (κ2) is 10.8. The lowest BCUT2D eigenvalue weighted by Gasteiger charge is -2.48. The van der Waals surface area contributed by atoms with Crippen LogP contribution in [0.1, 0.15) is 87.0 Å². The molecule has 40 heavy (non-hydrogen) atoms. The van der Waals surface area contributed by atoms with E-state index in [0.717, 1.165) is 36.7 Å². The number of H-pyrrole nitrogens is 1. The van der Waals surface area contributed by atoms with Gasteiger partial charge < -0.3 is 15.2 Å². The van der Waals surface area contributed by atoms with Gasteiger partial charge in [0.15, 0.2) is 0 Å². The summed E-state index contributed by atoms with van der Waals surface area (Å²) in [5.74, 6) is 0.239. The molecule has 216 valence electrons. The number of rotatable bonds is 7. The Morgan fingerprint density at radius 2 is 1.90 bits per heavy atom. The molecule has 2 aromatic carbocycles. The van der Waals surface area contributed by atoms with Gasteiger partial charge in [-0.3, -0.25) is 4.90 Å². The Bertz CT molecular complexity index is 1300. The number of hydrogen-bond donors (Lipinski definition) is 2. The molecule has 0 amide bonds. The lowest BCUT2D eigenvalue weighted by Crippen LogP contribution is -2.50. The smallest absolute Gasteiger partial charge is 0.416 e. The summed E-state index contributed by atoms with van der Waals surface area (Å²) < 4.78 is 53.9. The maximum atomic E-state index is 13.7. The van der Waals surface area contributed by atoms with Crippen molar-refractivity contribution in [1.29, 1.82) is 0 Å². The zero-order valence-electron chi connectivity index (χ0n) is 23.5. The van der Waals surface area contributed by atoms with Crippen molar-refractivity contribution in [2.45, 2.75) is 88.9 Å². The number of aromatic nitrogens is 3. The zero-order valence-corrected chi connectivity index (χ0v) is 23.5. The van der Waals surface area contributed by atoms with Gasteiger partial charge in [0.2, 0.25) is 0 Å². The number of alkyl halides is 3. The first-order chi connectivity index (χ1) is 18.9. The Morgan fingerprint density at radius 1 is 1.15 bits per heavy atom. The highest BCUT2D eigenvalue weighted by Gasteiger charge is 2.52. The van der Waals surface area contributed by atoms with Gasteiger partial charge in [0.25, 0.3) is 0 Å². The SMILES string of the molecule is CC(C)Oc1ccc(C(F)(F)F)cc1[C@H]1CO[C@]2(CCCN(Cc3n[nH]nc3C(C)(C)N)[C@H]2c2ccccc2)C1. The molecule has 1 aromatic heterocycles. The van der Waals surface area contributed by atoms with Crippen LogP contribution in [0.25, 0.3) is 0 Å². The van der Waals surface area contributed by atoms with E-state index in [-0.39, 0.29) is 18.1 Å². The van der Waals surface area contributed by atoms with Crippen molar-refractivity contribution >= 4 is 0 Å². The lowest BCUT2D eigenvalue weighted by atomic mass is 9.75. The molecule has 2 fully saturated rings. The van der Waals surface area contributed by atoms with Crippen LogP contribution in [0.4, 0.5) is 13.2 Å². The predicted octanol–water partition coefficient (Wildman–Crippen LogP) is 6.08. The van der Waals surface area contributed by atoms with Crippen molar-refractivity contribution in [3.8, 4) is 5.75 Å². The molecule has 2 aliphatic rings. The van der Waals surface area contributed by atoms with Crippen molar-refractivity contribution < 1.29 is 22.6 Å². The number of likely N-dealkylation sites (tertiary alicyclic amines) is 1. The van der Waals surface area contributed by atoms with E-state index in [1.165, 1.54) is 12.1 Å². The number of nitrogens with one attached hydrogen (secondary N) is 1. The quantitative estimate of drug-likeness (QED) is 0.366.